The van der Waals surface area contributed by atoms with Crippen molar-refractivity contribution in [1.29, 1.82) is 0 Å². The van der Waals surface area contributed by atoms with Gasteiger partial charge in [-0.1, -0.05) is 0 Å². The number of nitrogens with one attached hydrogen (secondary N) is 1. The molecule has 2 aliphatic rings. The third kappa shape index (κ3) is 6.11. The minimum absolute atomic E-state index is 0.0621. The number of rotatable bonds is 9. The second kappa shape index (κ2) is 11.0. The van der Waals surface area contributed by atoms with Gasteiger partial charge in [-0.2, -0.15) is 0 Å². The molecule has 12 heteroatoms. The van der Waals surface area contributed by atoms with Crippen molar-refractivity contribution in [3.8, 4) is 0 Å². The summed E-state index contributed by atoms with van der Waals surface area (Å²) in [5.41, 5.74) is 0. The first kappa shape index (κ1) is 24.5. The van der Waals surface area contributed by atoms with Crippen molar-refractivity contribution in [2.24, 2.45) is 5.92 Å². The van der Waals surface area contributed by atoms with Gasteiger partial charge in [0.25, 0.3) is 0 Å². The van der Waals surface area contributed by atoms with Crippen LogP contribution in [0.2, 0.25) is 0 Å². The standard InChI is InChI=1S/C18H29NO11/c1-8(21)19-14-15(23)9(13(7-20)30-18(14)27)2-4-28-5-3-11-16(24)10(22)6-12(29-11)17(25)26/h6,9-11,13-16,18,20,22-24,27H,2-5,7H2,1H3,(H,19,21)(H,25,26)/t9-,10-,11-,13?,14?,15-,16?,18?/m0/s1. The molecule has 172 valence electrons. The monoisotopic (exact) mass is 435 g/mol. The van der Waals surface area contributed by atoms with Gasteiger partial charge in [0.05, 0.1) is 25.4 Å². The molecule has 0 radical (unpaired) electrons. The lowest BCUT2D eigenvalue weighted by Gasteiger charge is -2.42. The molecule has 2 rings (SSSR count). The normalized spacial score (nSPS) is 36.5. The van der Waals surface area contributed by atoms with Crippen LogP contribution in [0.4, 0.5) is 0 Å². The number of carbonyl (C=O) groups excluding carboxylic acids is 1. The summed E-state index contributed by atoms with van der Waals surface area (Å²) in [4.78, 5) is 22.3. The van der Waals surface area contributed by atoms with Gasteiger partial charge in [-0.05, 0) is 12.5 Å². The molecule has 1 amide bonds. The molecule has 8 atom stereocenters. The second-order valence-corrected chi connectivity index (χ2v) is 7.29. The van der Waals surface area contributed by atoms with Gasteiger partial charge >= 0.3 is 5.97 Å². The number of aliphatic hydroxyl groups excluding tert-OH is 5. The van der Waals surface area contributed by atoms with Crippen molar-refractivity contribution in [2.45, 2.75) is 62.6 Å². The Bertz CT molecular complexity index is 627. The smallest absolute Gasteiger partial charge is 0.370 e. The van der Waals surface area contributed by atoms with E-state index in [1.807, 2.05) is 0 Å². The minimum Gasteiger partial charge on any atom is -0.480 e. The molecule has 2 aliphatic heterocycles. The van der Waals surface area contributed by atoms with Gasteiger partial charge in [-0.25, -0.2) is 4.79 Å². The molecule has 4 unspecified atom stereocenters. The molecule has 7 N–H and O–H groups in total. The lowest BCUT2D eigenvalue weighted by Crippen LogP contribution is -2.61. The van der Waals surface area contributed by atoms with Crippen LogP contribution in [0.3, 0.4) is 0 Å². The van der Waals surface area contributed by atoms with Crippen LogP contribution in [0.5, 0.6) is 0 Å². The van der Waals surface area contributed by atoms with E-state index in [4.69, 9.17) is 19.3 Å². The summed E-state index contributed by atoms with van der Waals surface area (Å²) in [7, 11) is 0. The fraction of sp³-hybridized carbons (Fsp3) is 0.778. The number of ether oxygens (including phenoxy) is 3. The van der Waals surface area contributed by atoms with Crippen LogP contribution in [0.15, 0.2) is 11.8 Å². The lowest BCUT2D eigenvalue weighted by molar-refractivity contribution is -0.240. The van der Waals surface area contributed by atoms with E-state index in [1.54, 1.807) is 0 Å². The van der Waals surface area contributed by atoms with Crippen molar-refractivity contribution < 1.29 is 54.4 Å². The fourth-order valence-electron chi connectivity index (χ4n) is 3.56. The maximum atomic E-state index is 11.3. The van der Waals surface area contributed by atoms with E-state index in [2.05, 4.69) is 5.32 Å². The Morgan fingerprint density at radius 3 is 2.37 bits per heavy atom. The number of aliphatic hydroxyl groups is 5. The Hall–Kier alpha value is -1.80. The van der Waals surface area contributed by atoms with E-state index in [0.717, 1.165) is 6.08 Å². The number of carboxylic acids is 1. The Balaban J connectivity index is 1.82. The van der Waals surface area contributed by atoms with Gasteiger partial charge in [-0.3, -0.25) is 4.79 Å². The summed E-state index contributed by atoms with van der Waals surface area (Å²) in [6.07, 6.45) is -5.89. The Morgan fingerprint density at radius 1 is 1.10 bits per heavy atom. The molecule has 0 saturated carbocycles. The minimum atomic E-state index is -1.47. The number of carboxylic acid groups (broad SMARTS) is 1. The number of hydrogen-bond donors (Lipinski definition) is 7. The highest BCUT2D eigenvalue weighted by Crippen LogP contribution is 2.28. The summed E-state index contributed by atoms with van der Waals surface area (Å²) in [5, 5.41) is 60.9. The zero-order valence-corrected chi connectivity index (χ0v) is 16.5. The molecule has 0 bridgehead atoms. The van der Waals surface area contributed by atoms with E-state index in [1.165, 1.54) is 6.92 Å². The maximum Gasteiger partial charge on any atom is 0.370 e. The van der Waals surface area contributed by atoms with Gasteiger partial charge in [-0.15, -0.1) is 0 Å². The summed E-state index contributed by atoms with van der Waals surface area (Å²) in [6.45, 7) is 0.958. The SMILES string of the molecule is CC(=O)NC1C(O)OC(CO)[C@H](CCOCC[C@@H]2OC(C(=O)O)=C[C@H](O)C2O)[C@@H]1O. The molecule has 1 saturated heterocycles. The summed E-state index contributed by atoms with van der Waals surface area (Å²) in [6, 6.07) is -1.05. The van der Waals surface area contributed by atoms with E-state index in [9.17, 15) is 35.1 Å². The van der Waals surface area contributed by atoms with Crippen molar-refractivity contribution in [3.05, 3.63) is 11.8 Å². The van der Waals surface area contributed by atoms with Gasteiger partial charge in [0.1, 0.15) is 24.4 Å². The second-order valence-electron chi connectivity index (χ2n) is 7.29. The van der Waals surface area contributed by atoms with Crippen LogP contribution in [-0.2, 0) is 23.8 Å². The number of hydrogen-bond acceptors (Lipinski definition) is 10. The van der Waals surface area contributed by atoms with Crippen LogP contribution in [-0.4, -0.2) is 105 Å². The first-order valence-corrected chi connectivity index (χ1v) is 9.60. The van der Waals surface area contributed by atoms with Crippen LogP contribution < -0.4 is 5.32 Å². The fourth-order valence-corrected chi connectivity index (χ4v) is 3.56. The van der Waals surface area contributed by atoms with Gasteiger partial charge < -0.3 is 50.2 Å². The number of amides is 1. The first-order chi connectivity index (χ1) is 14.1. The third-order valence-corrected chi connectivity index (χ3v) is 5.14. The Kier molecular flexibility index (Phi) is 8.97. The highest BCUT2D eigenvalue weighted by atomic mass is 16.6. The molecule has 2 heterocycles. The average molecular weight is 435 g/mol. The predicted molar refractivity (Wildman–Crippen MR) is 97.7 cm³/mol. The molecular weight excluding hydrogens is 406 g/mol. The predicted octanol–water partition coefficient (Wildman–Crippen LogP) is -2.94. The highest BCUT2D eigenvalue weighted by molar-refractivity contribution is 5.84. The van der Waals surface area contributed by atoms with Crippen LogP contribution >= 0.6 is 0 Å². The average Bonchev–Trinajstić information content (AvgIpc) is 2.68. The largest absolute Gasteiger partial charge is 0.480 e. The van der Waals surface area contributed by atoms with Crippen LogP contribution in [0.25, 0.3) is 0 Å². The topological polar surface area (TPSA) is 195 Å². The van der Waals surface area contributed by atoms with Gasteiger partial charge in [0, 0.05) is 25.9 Å². The summed E-state index contributed by atoms with van der Waals surface area (Å²) >= 11 is 0. The molecule has 0 aromatic carbocycles. The maximum absolute atomic E-state index is 11.3. The van der Waals surface area contributed by atoms with Crippen molar-refractivity contribution >= 4 is 11.9 Å². The Morgan fingerprint density at radius 2 is 1.77 bits per heavy atom. The van der Waals surface area contributed by atoms with E-state index in [-0.39, 0.29) is 26.1 Å². The summed E-state index contributed by atoms with van der Waals surface area (Å²) < 4.78 is 15.9. The molecule has 12 nitrogen and oxygen atoms in total. The highest BCUT2D eigenvalue weighted by Gasteiger charge is 2.44. The van der Waals surface area contributed by atoms with Gasteiger partial charge in [0.15, 0.2) is 6.29 Å². The van der Waals surface area contributed by atoms with Gasteiger partial charge in [0.2, 0.25) is 11.7 Å². The zero-order chi connectivity index (χ0) is 22.4. The Labute approximate surface area is 172 Å². The van der Waals surface area contributed by atoms with Crippen molar-refractivity contribution in [2.75, 3.05) is 19.8 Å². The van der Waals surface area contributed by atoms with E-state index >= 15 is 0 Å². The molecule has 0 aromatic heterocycles. The first-order valence-electron chi connectivity index (χ1n) is 9.60. The molecule has 30 heavy (non-hydrogen) atoms. The van der Waals surface area contributed by atoms with Crippen molar-refractivity contribution in [1.82, 2.24) is 5.32 Å². The van der Waals surface area contributed by atoms with E-state index in [0.29, 0.717) is 0 Å². The molecule has 1 fully saturated rings. The van der Waals surface area contributed by atoms with E-state index < -0.39 is 73.0 Å². The van der Waals surface area contributed by atoms with Crippen LogP contribution in [0.1, 0.15) is 19.8 Å². The lowest BCUT2D eigenvalue weighted by atomic mass is 9.85. The molecule has 0 aliphatic carbocycles. The summed E-state index contributed by atoms with van der Waals surface area (Å²) in [5.74, 6) is -2.89. The quantitative estimate of drug-likeness (QED) is 0.183. The number of carbonyl (C=O) groups is 2. The molecular formula is C18H29NO11. The third-order valence-electron chi connectivity index (χ3n) is 5.14. The molecule has 0 spiro atoms. The van der Waals surface area contributed by atoms with Crippen LogP contribution in [0, 0.1) is 5.92 Å². The zero-order valence-electron chi connectivity index (χ0n) is 16.5. The van der Waals surface area contributed by atoms with Crippen molar-refractivity contribution in [3.63, 3.8) is 0 Å². The molecule has 0 aromatic rings. The number of aliphatic carboxylic acids is 1.